The van der Waals surface area contributed by atoms with Crippen LogP contribution in [0.3, 0.4) is 0 Å². The molecule has 0 radical (unpaired) electrons. The molecule has 28 heavy (non-hydrogen) atoms. The monoisotopic (exact) mass is 395 g/mol. The number of benzene rings is 1. The van der Waals surface area contributed by atoms with E-state index in [2.05, 4.69) is 16.7 Å². The van der Waals surface area contributed by atoms with Crippen molar-refractivity contribution in [1.82, 2.24) is 5.32 Å². The Morgan fingerprint density at radius 2 is 2.11 bits per heavy atom. The fraction of sp³-hybridized carbons (Fsp3) is 0.381. The molecule has 2 heterocycles. The maximum Gasteiger partial charge on any atom is 0.228 e. The molecular formula is C21H21N3O3S. The maximum atomic E-state index is 12.7. The first kappa shape index (κ1) is 18.8. The molecule has 3 unspecified atom stereocenters. The summed E-state index contributed by atoms with van der Waals surface area (Å²) in [4.78, 5) is 25.8. The van der Waals surface area contributed by atoms with Crippen molar-refractivity contribution in [2.24, 2.45) is 5.92 Å². The minimum Gasteiger partial charge on any atom is -0.396 e. The van der Waals surface area contributed by atoms with E-state index in [1.54, 1.807) is 0 Å². The quantitative estimate of drug-likeness (QED) is 0.697. The number of ketones is 1. The number of nitrogens with one attached hydrogen (secondary N) is 2. The maximum absolute atomic E-state index is 12.7. The second kappa shape index (κ2) is 7.84. The van der Waals surface area contributed by atoms with E-state index in [9.17, 15) is 14.9 Å². The number of thiophene rings is 1. The van der Waals surface area contributed by atoms with E-state index in [4.69, 9.17) is 5.11 Å². The summed E-state index contributed by atoms with van der Waals surface area (Å²) in [6, 6.07) is 11.7. The van der Waals surface area contributed by atoms with Crippen LogP contribution in [-0.4, -0.2) is 29.9 Å². The van der Waals surface area contributed by atoms with E-state index < -0.39 is 6.04 Å². The van der Waals surface area contributed by atoms with Gasteiger partial charge in [0.15, 0.2) is 5.78 Å². The number of amides is 1. The van der Waals surface area contributed by atoms with Crippen LogP contribution in [0.15, 0.2) is 30.3 Å². The van der Waals surface area contributed by atoms with Crippen molar-refractivity contribution in [1.29, 1.82) is 5.26 Å². The lowest BCUT2D eigenvalue weighted by Crippen LogP contribution is -2.34. The SMILES string of the molecule is N#Cc1c(NC(=O)C2CC2c2ccccc2)sc2c1CCNC2C(=O)CCO. The normalized spacial score (nSPS) is 22.8. The Bertz CT molecular complexity index is 948. The second-order valence-corrected chi connectivity index (χ2v) is 8.24. The highest BCUT2D eigenvalue weighted by Gasteiger charge is 2.44. The average Bonchev–Trinajstić information content (AvgIpc) is 3.44. The first-order chi connectivity index (χ1) is 13.6. The van der Waals surface area contributed by atoms with Gasteiger partial charge in [0.2, 0.25) is 5.91 Å². The number of hydrogen-bond acceptors (Lipinski definition) is 6. The highest BCUT2D eigenvalue weighted by Crippen LogP contribution is 2.48. The smallest absolute Gasteiger partial charge is 0.228 e. The number of nitriles is 1. The molecule has 6 nitrogen and oxygen atoms in total. The molecule has 2 aliphatic rings. The van der Waals surface area contributed by atoms with Crippen LogP contribution in [-0.2, 0) is 16.0 Å². The first-order valence-corrected chi connectivity index (χ1v) is 10.2. The van der Waals surface area contributed by atoms with Crippen LogP contribution in [0.25, 0.3) is 0 Å². The predicted molar refractivity (Wildman–Crippen MR) is 106 cm³/mol. The summed E-state index contributed by atoms with van der Waals surface area (Å²) < 4.78 is 0. The van der Waals surface area contributed by atoms with Crippen LogP contribution in [0.5, 0.6) is 0 Å². The number of aliphatic hydroxyl groups excluding tert-OH is 1. The van der Waals surface area contributed by atoms with Gasteiger partial charge in [0.05, 0.1) is 12.2 Å². The zero-order valence-corrected chi connectivity index (χ0v) is 16.1. The number of carbonyl (C=O) groups is 2. The van der Waals surface area contributed by atoms with Crippen molar-refractivity contribution in [2.45, 2.75) is 31.2 Å². The van der Waals surface area contributed by atoms with Gasteiger partial charge in [0.25, 0.3) is 0 Å². The van der Waals surface area contributed by atoms with E-state index in [1.807, 2.05) is 30.3 Å². The Labute approximate surface area is 167 Å². The van der Waals surface area contributed by atoms with Crippen molar-refractivity contribution < 1.29 is 14.7 Å². The molecule has 4 rings (SSSR count). The highest BCUT2D eigenvalue weighted by atomic mass is 32.1. The van der Waals surface area contributed by atoms with Crippen LogP contribution in [0.2, 0.25) is 0 Å². The van der Waals surface area contributed by atoms with Gasteiger partial charge in [0, 0.05) is 23.8 Å². The van der Waals surface area contributed by atoms with Crippen LogP contribution < -0.4 is 10.6 Å². The molecule has 0 saturated heterocycles. The fourth-order valence-electron chi connectivity index (χ4n) is 3.88. The van der Waals surface area contributed by atoms with Gasteiger partial charge < -0.3 is 15.7 Å². The van der Waals surface area contributed by atoms with Gasteiger partial charge in [-0.25, -0.2) is 0 Å². The van der Waals surface area contributed by atoms with Gasteiger partial charge in [-0.15, -0.1) is 11.3 Å². The van der Waals surface area contributed by atoms with Gasteiger partial charge in [-0.3, -0.25) is 9.59 Å². The standard InChI is InChI=1S/C21H21N3O3S/c22-11-16-13-6-8-23-18(17(26)7-9-25)19(13)28-21(16)24-20(27)15-10-14(15)12-4-2-1-3-5-12/h1-5,14-15,18,23,25H,6-10H2,(H,24,27). The third-order valence-corrected chi connectivity index (χ3v) is 6.62. The van der Waals surface area contributed by atoms with Gasteiger partial charge in [-0.1, -0.05) is 30.3 Å². The molecule has 2 aromatic rings. The zero-order valence-electron chi connectivity index (χ0n) is 15.3. The van der Waals surface area contributed by atoms with Crippen LogP contribution in [0, 0.1) is 17.2 Å². The molecule has 1 aliphatic heterocycles. The molecule has 1 saturated carbocycles. The molecule has 3 atom stereocenters. The summed E-state index contributed by atoms with van der Waals surface area (Å²) in [6.07, 6.45) is 1.52. The molecule has 144 valence electrons. The predicted octanol–water partition coefficient (Wildman–Crippen LogP) is 2.50. The Kier molecular flexibility index (Phi) is 5.27. The number of anilines is 1. The summed E-state index contributed by atoms with van der Waals surface area (Å²) >= 11 is 1.30. The highest BCUT2D eigenvalue weighted by molar-refractivity contribution is 7.17. The number of rotatable bonds is 6. The Balaban J connectivity index is 1.54. The third-order valence-electron chi connectivity index (χ3n) is 5.41. The second-order valence-electron chi connectivity index (χ2n) is 7.19. The fourth-order valence-corrected chi connectivity index (χ4v) is 5.18. The first-order valence-electron chi connectivity index (χ1n) is 9.42. The number of aliphatic hydroxyl groups is 1. The lowest BCUT2D eigenvalue weighted by Gasteiger charge is -2.22. The van der Waals surface area contributed by atoms with Crippen molar-refractivity contribution in [3.05, 3.63) is 51.9 Å². The largest absolute Gasteiger partial charge is 0.396 e. The molecule has 1 aromatic heterocycles. The molecule has 3 N–H and O–H groups in total. The molecular weight excluding hydrogens is 374 g/mol. The van der Waals surface area contributed by atoms with Gasteiger partial charge in [0.1, 0.15) is 17.1 Å². The lowest BCUT2D eigenvalue weighted by atomic mass is 9.96. The zero-order chi connectivity index (χ0) is 19.7. The van der Waals surface area contributed by atoms with Crippen molar-refractivity contribution in [3.8, 4) is 6.07 Å². The minimum atomic E-state index is -0.517. The summed E-state index contributed by atoms with van der Waals surface area (Å²) in [5, 5.41) is 25.4. The number of hydrogen-bond donors (Lipinski definition) is 3. The number of Topliss-reactive ketones (excluding diaryl/α,β-unsaturated/α-hetero) is 1. The average molecular weight is 395 g/mol. The summed E-state index contributed by atoms with van der Waals surface area (Å²) in [7, 11) is 0. The minimum absolute atomic E-state index is 0.0689. The molecule has 1 aromatic carbocycles. The molecule has 1 amide bonds. The molecule has 1 aliphatic carbocycles. The Morgan fingerprint density at radius 1 is 1.32 bits per heavy atom. The van der Waals surface area contributed by atoms with E-state index in [0.29, 0.717) is 23.5 Å². The molecule has 0 spiro atoms. The molecule has 1 fully saturated rings. The van der Waals surface area contributed by atoms with E-state index in [-0.39, 0.29) is 36.6 Å². The molecule has 0 bridgehead atoms. The van der Waals surface area contributed by atoms with Crippen LogP contribution in [0.4, 0.5) is 5.00 Å². The number of nitrogens with zero attached hydrogens (tertiary/aromatic N) is 1. The lowest BCUT2D eigenvalue weighted by molar-refractivity contribution is -0.122. The van der Waals surface area contributed by atoms with E-state index >= 15 is 0 Å². The van der Waals surface area contributed by atoms with Crippen LogP contribution >= 0.6 is 11.3 Å². The van der Waals surface area contributed by atoms with Crippen molar-refractivity contribution >= 4 is 28.0 Å². The van der Waals surface area contributed by atoms with Gasteiger partial charge in [-0.05, 0) is 29.9 Å². The van der Waals surface area contributed by atoms with Crippen molar-refractivity contribution in [2.75, 3.05) is 18.5 Å². The van der Waals surface area contributed by atoms with Gasteiger partial charge in [-0.2, -0.15) is 5.26 Å². The van der Waals surface area contributed by atoms with Gasteiger partial charge >= 0.3 is 0 Å². The third kappa shape index (κ3) is 3.47. The Morgan fingerprint density at radius 3 is 2.82 bits per heavy atom. The summed E-state index contributed by atoms with van der Waals surface area (Å²) in [6.45, 7) is 0.390. The van der Waals surface area contributed by atoms with Crippen LogP contribution in [0.1, 0.15) is 46.4 Å². The summed E-state index contributed by atoms with van der Waals surface area (Å²) in [5.41, 5.74) is 2.47. The summed E-state index contributed by atoms with van der Waals surface area (Å²) in [5.74, 6) is -0.0339. The van der Waals surface area contributed by atoms with E-state index in [1.165, 1.54) is 11.3 Å². The molecule has 7 heteroatoms. The number of fused-ring (bicyclic) bond motifs is 1. The van der Waals surface area contributed by atoms with E-state index in [0.717, 1.165) is 22.4 Å². The Hall–Kier alpha value is -2.53. The topological polar surface area (TPSA) is 102 Å². The number of carbonyl (C=O) groups excluding carboxylic acids is 2. The van der Waals surface area contributed by atoms with Crippen molar-refractivity contribution in [3.63, 3.8) is 0 Å².